The summed E-state index contributed by atoms with van der Waals surface area (Å²) in [5.41, 5.74) is 6.24. The zero-order valence-corrected chi connectivity index (χ0v) is 21.4. The van der Waals surface area contributed by atoms with E-state index in [-0.39, 0.29) is 5.57 Å². The zero-order chi connectivity index (χ0) is 25.6. The highest BCUT2D eigenvalue weighted by atomic mass is 79.9. The fraction of sp³-hybridized carbons (Fsp3) is 0. The number of hydrogen-bond donors (Lipinski definition) is 1. The third-order valence-corrected chi connectivity index (χ3v) is 6.40. The summed E-state index contributed by atoms with van der Waals surface area (Å²) in [5, 5.41) is 12.8. The number of nitrogens with zero attached hydrogens (tertiary/aromatic N) is 2. The van der Waals surface area contributed by atoms with E-state index < -0.39 is 5.91 Å². The third-order valence-electron chi connectivity index (χ3n) is 5.91. The van der Waals surface area contributed by atoms with Crippen molar-refractivity contribution >= 4 is 33.6 Å². The van der Waals surface area contributed by atoms with Crippen LogP contribution in [0.1, 0.15) is 5.56 Å². The van der Waals surface area contributed by atoms with E-state index in [9.17, 15) is 10.1 Å². The molecule has 0 unspecified atom stereocenters. The average molecular weight is 544 g/mol. The fourth-order valence-electron chi connectivity index (χ4n) is 4.27. The summed E-state index contributed by atoms with van der Waals surface area (Å²) in [5.74, 6) is -0.465. The Kier molecular flexibility index (Phi) is 7.12. The third kappa shape index (κ3) is 5.30. The van der Waals surface area contributed by atoms with Gasteiger partial charge in [0, 0.05) is 21.4 Å². The Morgan fingerprint density at radius 3 is 2.03 bits per heavy atom. The lowest BCUT2D eigenvalue weighted by Crippen LogP contribution is -2.13. The minimum Gasteiger partial charge on any atom is -0.321 e. The molecule has 1 N–H and O–H groups in total. The van der Waals surface area contributed by atoms with Crippen molar-refractivity contribution in [2.24, 2.45) is 0 Å². The van der Waals surface area contributed by atoms with Gasteiger partial charge in [0.1, 0.15) is 11.6 Å². The number of hydrogen-bond acceptors (Lipinski definition) is 2. The van der Waals surface area contributed by atoms with Crippen molar-refractivity contribution in [2.45, 2.75) is 0 Å². The van der Waals surface area contributed by atoms with Gasteiger partial charge in [-0.25, -0.2) is 0 Å². The number of para-hydroxylation sites is 1. The predicted molar refractivity (Wildman–Crippen MR) is 153 cm³/mol. The molecule has 0 radical (unpaired) electrons. The maximum absolute atomic E-state index is 13.1. The van der Waals surface area contributed by atoms with Crippen LogP contribution in [0.3, 0.4) is 0 Å². The molecule has 0 saturated carbocycles. The maximum atomic E-state index is 13.1. The van der Waals surface area contributed by atoms with Gasteiger partial charge in [-0.3, -0.25) is 4.79 Å². The second-order valence-corrected chi connectivity index (χ2v) is 9.29. The van der Waals surface area contributed by atoms with Crippen molar-refractivity contribution < 1.29 is 4.79 Å². The summed E-state index contributed by atoms with van der Waals surface area (Å²) >= 11 is 3.42. The number of rotatable bonds is 6. The van der Waals surface area contributed by atoms with Crippen molar-refractivity contribution in [3.63, 3.8) is 0 Å². The van der Waals surface area contributed by atoms with Crippen molar-refractivity contribution in [1.29, 1.82) is 5.26 Å². The number of nitriles is 1. The molecule has 0 bridgehead atoms. The second kappa shape index (κ2) is 10.9. The van der Waals surface area contributed by atoms with Gasteiger partial charge in [0.2, 0.25) is 0 Å². The SMILES string of the molecule is N#C/C(=C\c1cc(-c2ccccc2)n(-c2ccccc2)c1-c1ccccc1)C(=O)Nc1cccc(Br)c1. The Bertz CT molecular complexity index is 1620. The van der Waals surface area contributed by atoms with Gasteiger partial charge >= 0.3 is 0 Å². The molecule has 5 rings (SSSR count). The number of halogens is 1. The van der Waals surface area contributed by atoms with Crippen LogP contribution in [0.4, 0.5) is 5.69 Å². The normalized spacial score (nSPS) is 11.1. The van der Waals surface area contributed by atoms with E-state index in [0.717, 1.165) is 38.2 Å². The molecule has 0 atom stereocenters. The molecule has 4 nitrogen and oxygen atoms in total. The molecule has 178 valence electrons. The monoisotopic (exact) mass is 543 g/mol. The topological polar surface area (TPSA) is 57.8 Å². The van der Waals surface area contributed by atoms with E-state index in [2.05, 4.69) is 56.1 Å². The Morgan fingerprint density at radius 2 is 1.41 bits per heavy atom. The van der Waals surface area contributed by atoms with Crippen molar-refractivity contribution in [3.05, 3.63) is 137 Å². The van der Waals surface area contributed by atoms with Gasteiger partial charge < -0.3 is 9.88 Å². The number of carbonyl (C=O) groups excluding carboxylic acids is 1. The lowest BCUT2D eigenvalue weighted by Gasteiger charge is -2.15. The largest absolute Gasteiger partial charge is 0.321 e. The lowest BCUT2D eigenvalue weighted by atomic mass is 10.0. The van der Waals surface area contributed by atoms with Gasteiger partial charge in [-0.1, -0.05) is 101 Å². The number of nitrogens with one attached hydrogen (secondary N) is 1. The second-order valence-electron chi connectivity index (χ2n) is 8.37. The number of anilines is 1. The molecule has 0 aliphatic rings. The lowest BCUT2D eigenvalue weighted by molar-refractivity contribution is -0.112. The Balaban J connectivity index is 1.71. The van der Waals surface area contributed by atoms with Crippen LogP contribution in [-0.2, 0) is 4.79 Å². The Morgan fingerprint density at radius 1 is 0.784 bits per heavy atom. The van der Waals surface area contributed by atoms with E-state index in [1.165, 1.54) is 0 Å². The van der Waals surface area contributed by atoms with Crippen molar-refractivity contribution in [3.8, 4) is 34.3 Å². The van der Waals surface area contributed by atoms with Crippen LogP contribution in [0.5, 0.6) is 0 Å². The van der Waals surface area contributed by atoms with Crippen LogP contribution in [0.2, 0.25) is 0 Å². The van der Waals surface area contributed by atoms with E-state index in [1.54, 1.807) is 18.2 Å². The van der Waals surface area contributed by atoms with Crippen molar-refractivity contribution in [2.75, 3.05) is 5.32 Å². The Labute approximate surface area is 224 Å². The highest BCUT2D eigenvalue weighted by molar-refractivity contribution is 9.10. The first kappa shape index (κ1) is 24.1. The molecule has 0 fully saturated rings. The van der Waals surface area contributed by atoms with E-state index in [0.29, 0.717) is 5.69 Å². The molecule has 1 aromatic heterocycles. The summed E-state index contributed by atoms with van der Waals surface area (Å²) in [4.78, 5) is 13.1. The first-order chi connectivity index (χ1) is 18.1. The van der Waals surface area contributed by atoms with Gasteiger partial charge in [0.25, 0.3) is 5.91 Å². The maximum Gasteiger partial charge on any atom is 0.266 e. The quantitative estimate of drug-likeness (QED) is 0.173. The summed E-state index contributed by atoms with van der Waals surface area (Å²) in [6.07, 6.45) is 1.67. The molecular formula is C32H22BrN3O. The highest BCUT2D eigenvalue weighted by Crippen LogP contribution is 2.37. The molecule has 5 heteroatoms. The van der Waals surface area contributed by atoms with Crippen LogP contribution in [0.15, 0.2) is 131 Å². The molecule has 1 amide bonds. The summed E-state index contributed by atoms with van der Waals surface area (Å²) in [6.45, 7) is 0. The van der Waals surface area contributed by atoms with Crippen molar-refractivity contribution in [1.82, 2.24) is 4.57 Å². The number of amides is 1. The van der Waals surface area contributed by atoms with Crippen LogP contribution < -0.4 is 5.32 Å². The zero-order valence-electron chi connectivity index (χ0n) is 19.8. The minimum atomic E-state index is -0.465. The van der Waals surface area contributed by atoms with Gasteiger partial charge in [-0.15, -0.1) is 0 Å². The summed E-state index contributed by atoms with van der Waals surface area (Å²) in [6, 6.07) is 41.6. The molecule has 0 spiro atoms. The van der Waals surface area contributed by atoms with Crippen LogP contribution in [0.25, 0.3) is 34.3 Å². The average Bonchev–Trinajstić information content (AvgIpc) is 3.32. The Hall–Kier alpha value is -4.66. The number of aromatic nitrogens is 1. The number of carbonyl (C=O) groups is 1. The van der Waals surface area contributed by atoms with Crippen LogP contribution in [-0.4, -0.2) is 10.5 Å². The van der Waals surface area contributed by atoms with Gasteiger partial charge in [-0.2, -0.15) is 5.26 Å². The van der Waals surface area contributed by atoms with Crippen LogP contribution >= 0.6 is 15.9 Å². The fourth-order valence-corrected chi connectivity index (χ4v) is 4.67. The molecular weight excluding hydrogens is 522 g/mol. The molecule has 4 aromatic carbocycles. The predicted octanol–water partition coefficient (Wildman–Crippen LogP) is 8.12. The number of benzene rings is 4. The molecule has 0 aliphatic heterocycles. The van der Waals surface area contributed by atoms with Gasteiger partial charge in [0.05, 0.1) is 11.4 Å². The molecule has 0 aliphatic carbocycles. The highest BCUT2D eigenvalue weighted by Gasteiger charge is 2.20. The molecule has 37 heavy (non-hydrogen) atoms. The first-order valence-corrected chi connectivity index (χ1v) is 12.5. The van der Waals surface area contributed by atoms with Gasteiger partial charge in [-0.05, 0) is 53.6 Å². The van der Waals surface area contributed by atoms with Gasteiger partial charge in [0.15, 0.2) is 0 Å². The van der Waals surface area contributed by atoms with E-state index in [1.807, 2.05) is 84.9 Å². The van der Waals surface area contributed by atoms with E-state index >= 15 is 0 Å². The molecule has 0 saturated heterocycles. The van der Waals surface area contributed by atoms with E-state index in [4.69, 9.17) is 0 Å². The van der Waals surface area contributed by atoms with Crippen LogP contribution in [0, 0.1) is 11.3 Å². The molecule has 1 heterocycles. The smallest absolute Gasteiger partial charge is 0.266 e. The minimum absolute atomic E-state index is 0.0157. The summed E-state index contributed by atoms with van der Waals surface area (Å²) in [7, 11) is 0. The summed E-state index contributed by atoms with van der Waals surface area (Å²) < 4.78 is 3.02. The standard InChI is InChI=1S/C32H22BrN3O/c33-27-15-10-16-28(21-27)35-32(37)26(22-34)19-25-20-30(23-11-4-1-5-12-23)36(29-17-8-3-9-18-29)31(25)24-13-6-2-7-14-24/h1-21H,(H,35,37)/b26-19+. The first-order valence-electron chi connectivity index (χ1n) is 11.7. The molecule has 5 aromatic rings.